The van der Waals surface area contributed by atoms with E-state index in [-0.39, 0.29) is 6.61 Å². The first-order valence-electron chi connectivity index (χ1n) is 7.35. The van der Waals surface area contributed by atoms with E-state index in [0.29, 0.717) is 12.8 Å². The summed E-state index contributed by atoms with van der Waals surface area (Å²) in [6.45, 7) is 0.141. The summed E-state index contributed by atoms with van der Waals surface area (Å²) < 4.78 is 5.13. The first-order valence-corrected chi connectivity index (χ1v) is 7.35. The fourth-order valence-electron chi connectivity index (χ4n) is 2.68. The van der Waals surface area contributed by atoms with Crippen molar-refractivity contribution in [2.24, 2.45) is 0 Å². The molecule has 5 nitrogen and oxygen atoms in total. The molecule has 0 aromatic heterocycles. The molecule has 0 saturated heterocycles. The summed E-state index contributed by atoms with van der Waals surface area (Å²) in [7, 11) is 0. The highest BCUT2D eigenvalue weighted by molar-refractivity contribution is 5.84. The predicted octanol–water partition coefficient (Wildman–Crippen LogP) is 3.09. The minimum Gasteiger partial charge on any atom is -0.480 e. The molecular formula is C16H21NO4. The summed E-state index contributed by atoms with van der Waals surface area (Å²) in [5.41, 5.74) is -0.303. The number of carbonyl (C=O) groups excluding carboxylic acids is 1. The maximum absolute atomic E-state index is 11.9. The van der Waals surface area contributed by atoms with Crippen molar-refractivity contribution in [2.75, 3.05) is 0 Å². The molecule has 2 N–H and O–H groups in total. The number of rotatable bonds is 4. The van der Waals surface area contributed by atoms with Crippen LogP contribution in [-0.2, 0) is 16.1 Å². The molecule has 114 valence electrons. The zero-order valence-electron chi connectivity index (χ0n) is 12.0. The molecule has 1 fully saturated rings. The molecule has 0 bridgehead atoms. The van der Waals surface area contributed by atoms with Gasteiger partial charge in [-0.15, -0.1) is 0 Å². The summed E-state index contributed by atoms with van der Waals surface area (Å²) in [6.07, 6.45) is 3.90. The molecule has 1 aliphatic carbocycles. The fourth-order valence-corrected chi connectivity index (χ4v) is 2.68. The van der Waals surface area contributed by atoms with E-state index in [0.717, 1.165) is 31.2 Å². The van der Waals surface area contributed by atoms with Crippen LogP contribution in [0.25, 0.3) is 0 Å². The number of hydrogen-bond acceptors (Lipinski definition) is 3. The number of alkyl carbamates (subject to hydrolysis) is 1. The Labute approximate surface area is 124 Å². The van der Waals surface area contributed by atoms with Crippen LogP contribution in [0, 0.1) is 0 Å². The van der Waals surface area contributed by atoms with Crippen LogP contribution in [0.5, 0.6) is 0 Å². The Bertz CT molecular complexity index is 478. The van der Waals surface area contributed by atoms with E-state index in [4.69, 9.17) is 4.74 Å². The number of aliphatic carboxylic acids is 1. The summed E-state index contributed by atoms with van der Waals surface area (Å²) in [5, 5.41) is 12.1. The highest BCUT2D eigenvalue weighted by Crippen LogP contribution is 2.27. The molecular weight excluding hydrogens is 270 g/mol. The Balaban J connectivity index is 1.93. The number of hydrogen-bond donors (Lipinski definition) is 2. The topological polar surface area (TPSA) is 75.6 Å². The summed E-state index contributed by atoms with van der Waals surface area (Å²) in [5.74, 6) is -0.971. The van der Waals surface area contributed by atoms with Gasteiger partial charge >= 0.3 is 12.1 Å². The monoisotopic (exact) mass is 291 g/mol. The van der Waals surface area contributed by atoms with Crippen LogP contribution < -0.4 is 5.32 Å². The van der Waals surface area contributed by atoms with Gasteiger partial charge in [0.1, 0.15) is 12.1 Å². The number of carboxylic acid groups (broad SMARTS) is 1. The largest absolute Gasteiger partial charge is 0.480 e. The second kappa shape index (κ2) is 7.11. The molecule has 0 unspecified atom stereocenters. The van der Waals surface area contributed by atoms with Crippen molar-refractivity contribution in [3.63, 3.8) is 0 Å². The van der Waals surface area contributed by atoms with E-state index >= 15 is 0 Å². The molecule has 1 aromatic carbocycles. The van der Waals surface area contributed by atoms with Gasteiger partial charge in [-0.1, -0.05) is 56.0 Å². The van der Waals surface area contributed by atoms with Gasteiger partial charge in [0.15, 0.2) is 0 Å². The van der Waals surface area contributed by atoms with Crippen LogP contribution >= 0.6 is 0 Å². The van der Waals surface area contributed by atoms with Crippen molar-refractivity contribution in [3.8, 4) is 0 Å². The summed E-state index contributed by atoms with van der Waals surface area (Å²) in [4.78, 5) is 23.5. The lowest BCUT2D eigenvalue weighted by Crippen LogP contribution is -2.54. The van der Waals surface area contributed by atoms with Crippen molar-refractivity contribution in [1.82, 2.24) is 5.32 Å². The van der Waals surface area contributed by atoms with E-state index in [2.05, 4.69) is 5.32 Å². The minimum atomic E-state index is -1.18. The lowest BCUT2D eigenvalue weighted by atomic mass is 9.90. The van der Waals surface area contributed by atoms with Gasteiger partial charge in [0.2, 0.25) is 0 Å². The average molecular weight is 291 g/mol. The van der Waals surface area contributed by atoms with E-state index in [1.54, 1.807) is 0 Å². The molecule has 0 radical (unpaired) electrons. The molecule has 5 heteroatoms. The quantitative estimate of drug-likeness (QED) is 0.836. The maximum Gasteiger partial charge on any atom is 0.408 e. The SMILES string of the molecule is O=C(NC1(C(=O)O)CCCCCC1)OCc1ccccc1. The Kier molecular flexibility index (Phi) is 5.20. The molecule has 0 aliphatic heterocycles. The Hall–Kier alpha value is -2.04. The van der Waals surface area contributed by atoms with Crippen LogP contribution in [0.2, 0.25) is 0 Å². The van der Waals surface area contributed by atoms with E-state index in [9.17, 15) is 14.7 Å². The second-order valence-electron chi connectivity index (χ2n) is 5.49. The molecule has 0 spiro atoms. The van der Waals surface area contributed by atoms with Gasteiger partial charge in [-0.05, 0) is 18.4 Å². The Morgan fingerprint density at radius 1 is 1.10 bits per heavy atom. The third-order valence-electron chi connectivity index (χ3n) is 3.92. The lowest BCUT2D eigenvalue weighted by Gasteiger charge is -2.28. The number of nitrogens with one attached hydrogen (secondary N) is 1. The zero-order chi connectivity index (χ0) is 15.1. The third kappa shape index (κ3) is 4.21. The van der Waals surface area contributed by atoms with E-state index in [1.165, 1.54) is 0 Å². The number of ether oxygens (including phenoxy) is 1. The Morgan fingerprint density at radius 2 is 1.71 bits per heavy atom. The second-order valence-corrected chi connectivity index (χ2v) is 5.49. The van der Waals surface area contributed by atoms with Gasteiger partial charge in [0.05, 0.1) is 0 Å². The molecule has 0 heterocycles. The van der Waals surface area contributed by atoms with Gasteiger partial charge in [0.25, 0.3) is 0 Å². The maximum atomic E-state index is 11.9. The van der Waals surface area contributed by atoms with Crippen molar-refractivity contribution in [3.05, 3.63) is 35.9 Å². The van der Waals surface area contributed by atoms with E-state index < -0.39 is 17.6 Å². The van der Waals surface area contributed by atoms with Crippen molar-refractivity contribution in [1.29, 1.82) is 0 Å². The predicted molar refractivity (Wildman–Crippen MR) is 77.8 cm³/mol. The zero-order valence-corrected chi connectivity index (χ0v) is 12.0. The standard InChI is InChI=1S/C16H21NO4/c18-14(19)16(10-6-1-2-7-11-16)17-15(20)21-12-13-8-4-3-5-9-13/h3-5,8-9H,1-2,6-7,10-12H2,(H,17,20)(H,18,19). The van der Waals surface area contributed by atoms with Crippen molar-refractivity contribution >= 4 is 12.1 Å². The first kappa shape index (κ1) is 15.4. The van der Waals surface area contributed by atoms with Crippen molar-refractivity contribution in [2.45, 2.75) is 50.7 Å². The third-order valence-corrected chi connectivity index (χ3v) is 3.92. The molecule has 1 saturated carbocycles. The molecule has 1 amide bonds. The van der Waals surface area contributed by atoms with Gasteiger partial charge in [-0.25, -0.2) is 9.59 Å². The van der Waals surface area contributed by atoms with Crippen molar-refractivity contribution < 1.29 is 19.4 Å². The number of carbonyl (C=O) groups is 2. The number of carboxylic acids is 1. The summed E-state index contributed by atoms with van der Waals surface area (Å²) >= 11 is 0. The van der Waals surface area contributed by atoms with Gasteiger partial charge in [0, 0.05) is 0 Å². The molecule has 1 aliphatic rings. The molecule has 21 heavy (non-hydrogen) atoms. The molecule has 0 atom stereocenters. The van der Waals surface area contributed by atoms with Gasteiger partial charge < -0.3 is 15.2 Å². The Morgan fingerprint density at radius 3 is 2.29 bits per heavy atom. The molecule has 1 aromatic rings. The number of benzene rings is 1. The molecule has 2 rings (SSSR count). The average Bonchev–Trinajstić information content (AvgIpc) is 2.73. The number of amides is 1. The minimum absolute atomic E-state index is 0.141. The normalized spacial score (nSPS) is 17.5. The smallest absolute Gasteiger partial charge is 0.408 e. The fraction of sp³-hybridized carbons (Fsp3) is 0.500. The highest BCUT2D eigenvalue weighted by atomic mass is 16.5. The van der Waals surface area contributed by atoms with Crippen LogP contribution in [0.15, 0.2) is 30.3 Å². The van der Waals surface area contributed by atoms with E-state index in [1.807, 2.05) is 30.3 Å². The first-order chi connectivity index (χ1) is 10.1. The van der Waals surface area contributed by atoms with Gasteiger partial charge in [-0.3, -0.25) is 0 Å². The van der Waals surface area contributed by atoms with Gasteiger partial charge in [-0.2, -0.15) is 0 Å². The van der Waals surface area contributed by atoms with Crippen LogP contribution in [0.4, 0.5) is 4.79 Å². The highest BCUT2D eigenvalue weighted by Gasteiger charge is 2.40. The lowest BCUT2D eigenvalue weighted by molar-refractivity contribution is -0.145. The van der Waals surface area contributed by atoms with Crippen LogP contribution in [-0.4, -0.2) is 22.7 Å². The summed E-state index contributed by atoms with van der Waals surface area (Å²) in [6, 6.07) is 9.31. The van der Waals surface area contributed by atoms with Crippen LogP contribution in [0.3, 0.4) is 0 Å². The van der Waals surface area contributed by atoms with Crippen LogP contribution in [0.1, 0.15) is 44.1 Å².